The molecular weight excluding hydrogens is 240 g/mol. The lowest BCUT2D eigenvalue weighted by Crippen LogP contribution is -2.55. The predicted octanol–water partition coefficient (Wildman–Crippen LogP) is 1.57. The van der Waals surface area contributed by atoms with Crippen LogP contribution in [0.5, 0.6) is 0 Å². The summed E-state index contributed by atoms with van der Waals surface area (Å²) in [5, 5.41) is 2.87. The highest BCUT2D eigenvalue weighted by Crippen LogP contribution is 2.32. The fourth-order valence-electron chi connectivity index (χ4n) is 1.95. The second-order valence-corrected chi connectivity index (χ2v) is 4.88. The molecule has 92 valence electrons. The van der Waals surface area contributed by atoms with Crippen molar-refractivity contribution in [3.05, 3.63) is 33.7 Å². The maximum Gasteiger partial charge on any atom is 0.257 e. The number of aryl methyl sites for hydroxylation is 1. The molecule has 0 unspecified atom stereocenters. The second kappa shape index (κ2) is 4.53. The number of carbonyl (C=O) groups excluding carboxylic acids is 1. The molecule has 1 heterocycles. The van der Waals surface area contributed by atoms with Crippen LogP contribution in [0.25, 0.3) is 0 Å². The van der Waals surface area contributed by atoms with Gasteiger partial charge in [-0.15, -0.1) is 11.6 Å². The molecule has 4 nitrogen and oxygen atoms in total. The normalized spacial score (nSPS) is 17.3. The van der Waals surface area contributed by atoms with Crippen LogP contribution in [0.2, 0.25) is 0 Å². The molecule has 1 aliphatic carbocycles. The Morgan fingerprint density at radius 2 is 2.29 bits per heavy atom. The number of alkyl halides is 1. The number of hydrogen-bond acceptors (Lipinski definition) is 2. The zero-order valence-corrected chi connectivity index (χ0v) is 10.4. The van der Waals surface area contributed by atoms with E-state index in [1.165, 1.54) is 12.3 Å². The zero-order valence-electron chi connectivity index (χ0n) is 9.68. The summed E-state index contributed by atoms with van der Waals surface area (Å²) in [5.74, 6) is 0.0503. The number of carbonyl (C=O) groups is 1. The molecule has 1 aliphatic rings. The molecule has 1 aromatic heterocycles. The molecule has 1 saturated carbocycles. The van der Waals surface area contributed by atoms with E-state index < -0.39 is 0 Å². The lowest BCUT2D eigenvalue weighted by atomic mass is 9.78. The van der Waals surface area contributed by atoms with Crippen LogP contribution in [-0.2, 0) is 0 Å². The van der Waals surface area contributed by atoms with Gasteiger partial charge in [0.25, 0.3) is 5.91 Å². The van der Waals surface area contributed by atoms with Crippen LogP contribution in [0.15, 0.2) is 17.1 Å². The van der Waals surface area contributed by atoms with Crippen LogP contribution in [0.1, 0.15) is 35.3 Å². The van der Waals surface area contributed by atoms with E-state index in [9.17, 15) is 9.59 Å². The van der Waals surface area contributed by atoms with Gasteiger partial charge in [0, 0.05) is 23.8 Å². The van der Waals surface area contributed by atoms with Gasteiger partial charge in [-0.05, 0) is 26.2 Å². The van der Waals surface area contributed by atoms with Crippen LogP contribution in [0, 0.1) is 6.92 Å². The molecule has 0 saturated heterocycles. The minimum absolute atomic E-state index is 0.145. The van der Waals surface area contributed by atoms with Crippen molar-refractivity contribution >= 4 is 17.5 Å². The summed E-state index contributed by atoms with van der Waals surface area (Å²) in [5.41, 5.74) is 0.313. The van der Waals surface area contributed by atoms with E-state index in [0.717, 1.165) is 25.0 Å². The summed E-state index contributed by atoms with van der Waals surface area (Å²) in [6.45, 7) is 1.77. The molecule has 2 N–H and O–H groups in total. The minimum atomic E-state index is -0.341. The Kier molecular flexibility index (Phi) is 3.24. The number of hydrogen-bond donors (Lipinski definition) is 2. The van der Waals surface area contributed by atoms with Crippen molar-refractivity contribution in [1.29, 1.82) is 0 Å². The van der Waals surface area contributed by atoms with Crippen LogP contribution < -0.4 is 10.7 Å². The third-order valence-corrected chi connectivity index (χ3v) is 3.76. The standard InChI is InChI=1S/C12H15ClN2O2/c1-8-5-10(16)9(6-14-8)11(17)15-12(7-13)3-2-4-12/h5-6H,2-4,7H2,1H3,(H,14,16)(H,15,17). The van der Waals surface area contributed by atoms with Crippen molar-refractivity contribution in [2.24, 2.45) is 0 Å². The monoisotopic (exact) mass is 254 g/mol. The van der Waals surface area contributed by atoms with E-state index >= 15 is 0 Å². The Hall–Kier alpha value is -1.29. The number of pyridine rings is 1. The van der Waals surface area contributed by atoms with Crippen LogP contribution in [0.3, 0.4) is 0 Å². The first-order valence-corrected chi connectivity index (χ1v) is 6.18. The van der Waals surface area contributed by atoms with Gasteiger partial charge in [0.2, 0.25) is 0 Å². The van der Waals surface area contributed by atoms with E-state index in [1.54, 1.807) is 6.92 Å². The fourth-order valence-corrected chi connectivity index (χ4v) is 2.29. The maximum atomic E-state index is 12.0. The van der Waals surface area contributed by atoms with Crippen molar-refractivity contribution < 1.29 is 4.79 Å². The second-order valence-electron chi connectivity index (χ2n) is 4.62. The maximum absolute atomic E-state index is 12.0. The van der Waals surface area contributed by atoms with Crippen molar-refractivity contribution in [2.75, 3.05) is 5.88 Å². The smallest absolute Gasteiger partial charge is 0.257 e. The Balaban J connectivity index is 2.17. The number of rotatable bonds is 3. The average molecular weight is 255 g/mol. The Labute approximate surface area is 104 Å². The minimum Gasteiger partial charge on any atom is -0.364 e. The van der Waals surface area contributed by atoms with E-state index in [2.05, 4.69) is 10.3 Å². The molecule has 0 bridgehead atoms. The summed E-state index contributed by atoms with van der Waals surface area (Å²) in [6.07, 6.45) is 4.28. The first-order chi connectivity index (χ1) is 8.06. The number of aromatic nitrogens is 1. The first kappa shape index (κ1) is 12.2. The summed E-state index contributed by atoms with van der Waals surface area (Å²) in [4.78, 5) is 26.5. The van der Waals surface area contributed by atoms with E-state index in [0.29, 0.717) is 5.88 Å². The Bertz CT molecular complexity index is 486. The first-order valence-electron chi connectivity index (χ1n) is 5.64. The number of halogens is 1. The summed E-state index contributed by atoms with van der Waals surface area (Å²) < 4.78 is 0. The molecule has 0 atom stereocenters. The molecule has 17 heavy (non-hydrogen) atoms. The summed E-state index contributed by atoms with van der Waals surface area (Å²) in [7, 11) is 0. The van der Waals surface area contributed by atoms with Gasteiger partial charge in [-0.2, -0.15) is 0 Å². The third-order valence-electron chi connectivity index (χ3n) is 3.25. The summed E-state index contributed by atoms with van der Waals surface area (Å²) >= 11 is 5.86. The highest BCUT2D eigenvalue weighted by Gasteiger charge is 2.37. The van der Waals surface area contributed by atoms with Gasteiger partial charge in [-0.3, -0.25) is 9.59 Å². The Morgan fingerprint density at radius 3 is 2.76 bits per heavy atom. The van der Waals surface area contributed by atoms with Gasteiger partial charge < -0.3 is 10.3 Å². The van der Waals surface area contributed by atoms with Crippen molar-refractivity contribution in [2.45, 2.75) is 31.7 Å². The number of amides is 1. The molecule has 0 aliphatic heterocycles. The lowest BCUT2D eigenvalue weighted by Gasteiger charge is -2.40. The van der Waals surface area contributed by atoms with Crippen molar-refractivity contribution in [1.82, 2.24) is 10.3 Å². The molecule has 0 spiro atoms. The predicted molar refractivity (Wildman–Crippen MR) is 66.6 cm³/mol. The van der Waals surface area contributed by atoms with Gasteiger partial charge in [0.1, 0.15) is 5.56 Å². The summed E-state index contributed by atoms with van der Waals surface area (Å²) in [6, 6.07) is 1.42. The van der Waals surface area contributed by atoms with E-state index in [-0.39, 0.29) is 22.4 Å². The van der Waals surface area contributed by atoms with E-state index in [1.807, 2.05) is 0 Å². The highest BCUT2D eigenvalue weighted by molar-refractivity contribution is 6.19. The quantitative estimate of drug-likeness (QED) is 0.805. The van der Waals surface area contributed by atoms with Gasteiger partial charge in [0.05, 0.1) is 5.54 Å². The third kappa shape index (κ3) is 2.36. The molecule has 2 rings (SSSR count). The molecule has 1 amide bonds. The van der Waals surface area contributed by atoms with Gasteiger partial charge in [0.15, 0.2) is 5.43 Å². The topological polar surface area (TPSA) is 62.0 Å². The molecular formula is C12H15ClN2O2. The SMILES string of the molecule is Cc1cc(=O)c(C(=O)NC2(CCl)CCC2)c[nH]1. The molecule has 0 radical (unpaired) electrons. The van der Waals surface area contributed by atoms with Crippen molar-refractivity contribution in [3.63, 3.8) is 0 Å². The van der Waals surface area contributed by atoms with E-state index in [4.69, 9.17) is 11.6 Å². The fraction of sp³-hybridized carbons (Fsp3) is 0.500. The van der Waals surface area contributed by atoms with Crippen LogP contribution >= 0.6 is 11.6 Å². The highest BCUT2D eigenvalue weighted by atomic mass is 35.5. The van der Waals surface area contributed by atoms with Gasteiger partial charge in [-0.1, -0.05) is 0 Å². The number of aromatic amines is 1. The number of nitrogens with one attached hydrogen (secondary N) is 2. The molecule has 5 heteroatoms. The van der Waals surface area contributed by atoms with Crippen LogP contribution in [0.4, 0.5) is 0 Å². The number of H-pyrrole nitrogens is 1. The lowest BCUT2D eigenvalue weighted by molar-refractivity contribution is 0.0852. The average Bonchev–Trinajstić information content (AvgIpc) is 2.23. The van der Waals surface area contributed by atoms with Crippen molar-refractivity contribution in [3.8, 4) is 0 Å². The van der Waals surface area contributed by atoms with Gasteiger partial charge in [-0.25, -0.2) is 0 Å². The molecule has 1 fully saturated rings. The molecule has 0 aromatic carbocycles. The van der Waals surface area contributed by atoms with Gasteiger partial charge >= 0.3 is 0 Å². The zero-order chi connectivity index (χ0) is 12.5. The largest absolute Gasteiger partial charge is 0.364 e. The molecule has 1 aromatic rings. The Morgan fingerprint density at radius 1 is 1.59 bits per heavy atom. The van der Waals surface area contributed by atoms with Crippen LogP contribution in [-0.4, -0.2) is 22.3 Å².